The van der Waals surface area contributed by atoms with Gasteiger partial charge in [-0.15, -0.1) is 0 Å². The lowest BCUT2D eigenvalue weighted by Gasteiger charge is -1.80. The van der Waals surface area contributed by atoms with E-state index < -0.39 is 11.9 Å². The molecular formula is C4H2O3Si. The zero-order valence-electron chi connectivity index (χ0n) is 3.88. The Kier molecular flexibility index (Phi) is 2.14. The van der Waals surface area contributed by atoms with Crippen molar-refractivity contribution in [1.82, 2.24) is 0 Å². The van der Waals surface area contributed by atoms with Gasteiger partial charge in [0.2, 0.25) is 0 Å². The zero-order chi connectivity index (χ0) is 5.28. The number of hydrogen-bond donors (Lipinski definition) is 0. The highest BCUT2D eigenvalue weighted by atomic mass is 28.1. The fraction of sp³-hybridized carbons (Fsp3) is 0. The fourth-order valence-electron chi connectivity index (χ4n) is 0.303. The monoisotopic (exact) mass is 126 g/mol. The van der Waals surface area contributed by atoms with E-state index in [0.717, 1.165) is 12.2 Å². The van der Waals surface area contributed by atoms with Crippen LogP contribution in [0.5, 0.6) is 0 Å². The van der Waals surface area contributed by atoms with Crippen LogP contribution >= 0.6 is 0 Å². The number of hydrogen-bond acceptors (Lipinski definition) is 3. The van der Waals surface area contributed by atoms with Gasteiger partial charge in [-0.25, -0.2) is 9.59 Å². The van der Waals surface area contributed by atoms with Gasteiger partial charge in [0.25, 0.3) is 0 Å². The Labute approximate surface area is 50.3 Å². The molecule has 0 saturated carbocycles. The van der Waals surface area contributed by atoms with Gasteiger partial charge in [-0.3, -0.25) is 0 Å². The van der Waals surface area contributed by atoms with Gasteiger partial charge in [0.15, 0.2) is 0 Å². The SMILES string of the molecule is O=C1C=CC(=O)O1.[Si]. The highest BCUT2D eigenvalue weighted by molar-refractivity contribution is 6.04. The Morgan fingerprint density at radius 3 is 1.62 bits per heavy atom. The second-order valence-corrected chi connectivity index (χ2v) is 1.07. The van der Waals surface area contributed by atoms with Gasteiger partial charge in [-0.2, -0.15) is 0 Å². The first-order valence-corrected chi connectivity index (χ1v) is 1.73. The van der Waals surface area contributed by atoms with Crippen molar-refractivity contribution >= 4 is 22.9 Å². The molecule has 0 unspecified atom stereocenters. The number of carbonyl (C=O) groups is 2. The van der Waals surface area contributed by atoms with Crippen LogP contribution in [-0.4, -0.2) is 22.9 Å². The van der Waals surface area contributed by atoms with E-state index in [1.54, 1.807) is 0 Å². The van der Waals surface area contributed by atoms with Gasteiger partial charge in [0.1, 0.15) is 0 Å². The summed E-state index contributed by atoms with van der Waals surface area (Å²) < 4.78 is 3.97. The molecular weight excluding hydrogens is 124 g/mol. The summed E-state index contributed by atoms with van der Waals surface area (Å²) in [6.07, 6.45) is 2.17. The lowest BCUT2D eigenvalue weighted by Crippen LogP contribution is -1.96. The molecule has 0 fully saturated rings. The van der Waals surface area contributed by atoms with Gasteiger partial charge in [-0.05, 0) is 0 Å². The van der Waals surface area contributed by atoms with Crippen molar-refractivity contribution in [3.8, 4) is 0 Å². The maximum Gasteiger partial charge on any atom is 0.338 e. The first kappa shape index (κ1) is 7.10. The lowest BCUT2D eigenvalue weighted by atomic mass is 10.6. The number of esters is 2. The Balaban J connectivity index is 0.000000490. The highest BCUT2D eigenvalue weighted by Crippen LogP contribution is 1.92. The van der Waals surface area contributed by atoms with E-state index in [9.17, 15) is 9.59 Å². The largest absolute Gasteiger partial charge is 0.387 e. The summed E-state index contributed by atoms with van der Waals surface area (Å²) in [4.78, 5) is 19.8. The van der Waals surface area contributed by atoms with E-state index in [1.165, 1.54) is 0 Å². The fourth-order valence-corrected chi connectivity index (χ4v) is 0.303. The quantitative estimate of drug-likeness (QED) is 0.243. The van der Waals surface area contributed by atoms with Crippen molar-refractivity contribution in [3.05, 3.63) is 12.2 Å². The van der Waals surface area contributed by atoms with E-state index >= 15 is 0 Å². The molecule has 4 radical (unpaired) electrons. The topological polar surface area (TPSA) is 43.4 Å². The molecule has 8 heavy (non-hydrogen) atoms. The third-order valence-corrected chi connectivity index (χ3v) is 0.557. The molecule has 0 spiro atoms. The van der Waals surface area contributed by atoms with Crippen molar-refractivity contribution in [2.75, 3.05) is 0 Å². The molecule has 0 aromatic heterocycles. The molecule has 3 nitrogen and oxygen atoms in total. The summed E-state index contributed by atoms with van der Waals surface area (Å²) in [6, 6.07) is 0. The van der Waals surface area contributed by atoms with Crippen LogP contribution in [0.4, 0.5) is 0 Å². The third kappa shape index (κ3) is 1.30. The summed E-state index contributed by atoms with van der Waals surface area (Å²) >= 11 is 0. The molecule has 0 atom stereocenters. The van der Waals surface area contributed by atoms with Crippen LogP contribution in [0.2, 0.25) is 0 Å². The van der Waals surface area contributed by atoms with Gasteiger partial charge < -0.3 is 4.74 Å². The molecule has 0 aromatic rings. The number of carbonyl (C=O) groups excluding carboxylic acids is 2. The summed E-state index contributed by atoms with van der Waals surface area (Å²) in [5.74, 6) is -1.16. The van der Waals surface area contributed by atoms with Crippen LogP contribution in [0.1, 0.15) is 0 Å². The normalized spacial score (nSPS) is 15.5. The Morgan fingerprint density at radius 2 is 1.50 bits per heavy atom. The van der Waals surface area contributed by atoms with E-state index in [2.05, 4.69) is 4.74 Å². The molecule has 0 amide bonds. The molecule has 1 rings (SSSR count). The second kappa shape index (κ2) is 2.42. The molecule has 0 bridgehead atoms. The molecule has 0 aliphatic carbocycles. The molecule has 0 saturated heterocycles. The number of ether oxygens (including phenoxy) is 1. The van der Waals surface area contributed by atoms with Crippen molar-refractivity contribution in [2.24, 2.45) is 0 Å². The average molecular weight is 126 g/mol. The van der Waals surface area contributed by atoms with E-state index in [-0.39, 0.29) is 11.0 Å². The van der Waals surface area contributed by atoms with Crippen LogP contribution in [0.25, 0.3) is 0 Å². The molecule has 0 N–H and O–H groups in total. The average Bonchev–Trinajstić information content (AvgIpc) is 1.87. The second-order valence-electron chi connectivity index (χ2n) is 1.07. The third-order valence-electron chi connectivity index (χ3n) is 0.557. The summed E-state index contributed by atoms with van der Waals surface area (Å²) in [6.45, 7) is 0. The Hall–Kier alpha value is -0.903. The van der Waals surface area contributed by atoms with Crippen molar-refractivity contribution in [1.29, 1.82) is 0 Å². The molecule has 4 heteroatoms. The molecule has 1 heterocycles. The van der Waals surface area contributed by atoms with Crippen LogP contribution in [-0.2, 0) is 14.3 Å². The maximum atomic E-state index is 9.92. The predicted octanol–water partition coefficient (Wildman–Crippen LogP) is -0.755. The predicted molar refractivity (Wildman–Crippen MR) is 26.0 cm³/mol. The first-order chi connectivity index (χ1) is 3.29. The molecule has 1 aliphatic heterocycles. The van der Waals surface area contributed by atoms with Crippen LogP contribution in [0, 0.1) is 0 Å². The highest BCUT2D eigenvalue weighted by Gasteiger charge is 2.10. The Bertz CT molecular complexity index is 133. The maximum absolute atomic E-state index is 9.92. The van der Waals surface area contributed by atoms with Gasteiger partial charge >= 0.3 is 11.9 Å². The zero-order valence-corrected chi connectivity index (χ0v) is 4.88. The van der Waals surface area contributed by atoms with Gasteiger partial charge in [0, 0.05) is 23.1 Å². The van der Waals surface area contributed by atoms with Crippen molar-refractivity contribution in [3.63, 3.8) is 0 Å². The van der Waals surface area contributed by atoms with Crippen LogP contribution in [0.15, 0.2) is 12.2 Å². The van der Waals surface area contributed by atoms with Crippen molar-refractivity contribution < 1.29 is 14.3 Å². The van der Waals surface area contributed by atoms with Crippen molar-refractivity contribution in [2.45, 2.75) is 0 Å². The van der Waals surface area contributed by atoms with Gasteiger partial charge in [0.05, 0.1) is 0 Å². The molecule has 0 aromatic carbocycles. The van der Waals surface area contributed by atoms with E-state index in [4.69, 9.17) is 0 Å². The minimum atomic E-state index is -0.579. The van der Waals surface area contributed by atoms with Gasteiger partial charge in [-0.1, -0.05) is 0 Å². The first-order valence-electron chi connectivity index (χ1n) is 1.73. The van der Waals surface area contributed by atoms with E-state index in [1.807, 2.05) is 0 Å². The minimum absolute atomic E-state index is 0. The summed E-state index contributed by atoms with van der Waals surface area (Å²) in [7, 11) is 0. The smallest absolute Gasteiger partial charge is 0.338 e. The summed E-state index contributed by atoms with van der Waals surface area (Å²) in [5.41, 5.74) is 0. The number of rotatable bonds is 0. The van der Waals surface area contributed by atoms with Crippen LogP contribution in [0.3, 0.4) is 0 Å². The Morgan fingerprint density at radius 1 is 1.12 bits per heavy atom. The molecule has 1 aliphatic rings. The minimum Gasteiger partial charge on any atom is -0.387 e. The number of cyclic esters (lactones) is 2. The molecule has 40 valence electrons. The van der Waals surface area contributed by atoms with Crippen LogP contribution < -0.4 is 0 Å². The summed E-state index contributed by atoms with van der Waals surface area (Å²) in [5, 5.41) is 0. The standard InChI is InChI=1S/C4H2O3.Si/c5-3-1-2-4(6)7-3;/h1-2H;. The van der Waals surface area contributed by atoms with E-state index in [0.29, 0.717) is 0 Å². The lowest BCUT2D eigenvalue weighted by molar-refractivity contribution is -0.150.